The standard InChI is InChI=1S/C28H27N3O.2ClH/c1-19-20(2)30-18-17-25(19)21-13-15-24(16-14-21)31-28(32)27(29)26(22-9-5-3-6-10-22)23-11-7-4-8-12-23;;/h3-18,26-27H,29H2,1-2H3,(H,31,32);2*1H. The number of carbonyl (C=O) groups excluding carboxylic acids is 1. The smallest absolute Gasteiger partial charge is 0.242 e. The predicted octanol–water partition coefficient (Wildman–Crippen LogP) is 6.31. The van der Waals surface area contributed by atoms with Crippen molar-refractivity contribution in [3.63, 3.8) is 0 Å². The number of nitrogens with two attached hydrogens (primary N) is 1. The van der Waals surface area contributed by atoms with E-state index in [1.165, 1.54) is 0 Å². The molecule has 0 aliphatic heterocycles. The number of benzene rings is 3. The van der Waals surface area contributed by atoms with Crippen molar-refractivity contribution >= 4 is 36.4 Å². The molecule has 6 heteroatoms. The number of hydrogen-bond acceptors (Lipinski definition) is 3. The molecule has 1 amide bonds. The van der Waals surface area contributed by atoms with E-state index in [-0.39, 0.29) is 36.6 Å². The van der Waals surface area contributed by atoms with Crippen LogP contribution in [0.4, 0.5) is 5.69 Å². The average molecular weight is 494 g/mol. The van der Waals surface area contributed by atoms with E-state index in [1.54, 1.807) is 0 Å². The predicted molar refractivity (Wildman–Crippen MR) is 145 cm³/mol. The summed E-state index contributed by atoms with van der Waals surface area (Å²) in [5, 5.41) is 2.99. The van der Waals surface area contributed by atoms with E-state index in [2.05, 4.69) is 17.2 Å². The van der Waals surface area contributed by atoms with Crippen LogP contribution in [0.1, 0.15) is 28.3 Å². The highest BCUT2D eigenvalue weighted by atomic mass is 35.5. The van der Waals surface area contributed by atoms with Gasteiger partial charge in [0.2, 0.25) is 5.91 Å². The van der Waals surface area contributed by atoms with E-state index in [1.807, 2.05) is 104 Å². The molecule has 3 aromatic carbocycles. The van der Waals surface area contributed by atoms with Crippen molar-refractivity contribution < 1.29 is 4.79 Å². The lowest BCUT2D eigenvalue weighted by Gasteiger charge is -2.24. The molecule has 34 heavy (non-hydrogen) atoms. The normalized spacial score (nSPS) is 11.2. The summed E-state index contributed by atoms with van der Waals surface area (Å²) in [4.78, 5) is 17.4. The summed E-state index contributed by atoms with van der Waals surface area (Å²) in [6, 6.07) is 29.0. The number of aryl methyl sites for hydroxylation is 1. The van der Waals surface area contributed by atoms with Gasteiger partial charge in [0.15, 0.2) is 0 Å². The highest BCUT2D eigenvalue weighted by Crippen LogP contribution is 2.29. The maximum atomic E-state index is 13.1. The Morgan fingerprint density at radius 1 is 0.794 bits per heavy atom. The van der Waals surface area contributed by atoms with Gasteiger partial charge in [0, 0.05) is 23.5 Å². The molecular weight excluding hydrogens is 465 g/mol. The van der Waals surface area contributed by atoms with Crippen molar-refractivity contribution in [2.45, 2.75) is 25.8 Å². The number of nitrogens with one attached hydrogen (secondary N) is 1. The van der Waals surface area contributed by atoms with Crippen molar-refractivity contribution in [1.29, 1.82) is 0 Å². The number of aromatic nitrogens is 1. The third kappa shape index (κ3) is 6.03. The van der Waals surface area contributed by atoms with Gasteiger partial charge in [0.1, 0.15) is 0 Å². The summed E-state index contributed by atoms with van der Waals surface area (Å²) in [6.45, 7) is 4.07. The van der Waals surface area contributed by atoms with Crippen molar-refractivity contribution in [3.8, 4) is 11.1 Å². The zero-order chi connectivity index (χ0) is 22.5. The Bertz CT molecular complexity index is 1160. The molecular formula is C28H29Cl2N3O. The van der Waals surface area contributed by atoms with Gasteiger partial charge in [-0.1, -0.05) is 72.8 Å². The van der Waals surface area contributed by atoms with Crippen LogP contribution < -0.4 is 11.1 Å². The van der Waals surface area contributed by atoms with Crippen LogP contribution in [0.3, 0.4) is 0 Å². The van der Waals surface area contributed by atoms with Gasteiger partial charge in [-0.3, -0.25) is 9.78 Å². The molecule has 1 aromatic heterocycles. The Kier molecular flexibility index (Phi) is 9.82. The first kappa shape index (κ1) is 27.1. The molecule has 0 aliphatic rings. The number of hydrogen-bond donors (Lipinski definition) is 2. The Morgan fingerprint density at radius 3 is 1.85 bits per heavy atom. The molecule has 0 saturated heterocycles. The monoisotopic (exact) mass is 493 g/mol. The van der Waals surface area contributed by atoms with Gasteiger partial charge in [-0.25, -0.2) is 0 Å². The SMILES string of the molecule is Cc1nccc(-c2ccc(NC(=O)C(N)C(c3ccccc3)c3ccccc3)cc2)c1C.Cl.Cl. The Morgan fingerprint density at radius 2 is 1.32 bits per heavy atom. The van der Waals surface area contributed by atoms with E-state index in [9.17, 15) is 4.79 Å². The van der Waals surface area contributed by atoms with Crippen LogP contribution in [0.15, 0.2) is 97.2 Å². The second kappa shape index (κ2) is 12.3. The van der Waals surface area contributed by atoms with Crippen LogP contribution in [-0.4, -0.2) is 16.9 Å². The minimum absolute atomic E-state index is 0. The van der Waals surface area contributed by atoms with Gasteiger partial charge in [-0.2, -0.15) is 0 Å². The number of halogens is 2. The average Bonchev–Trinajstić information content (AvgIpc) is 2.83. The van der Waals surface area contributed by atoms with Gasteiger partial charge >= 0.3 is 0 Å². The van der Waals surface area contributed by atoms with Crippen molar-refractivity contribution in [1.82, 2.24) is 4.98 Å². The number of rotatable bonds is 6. The van der Waals surface area contributed by atoms with Crippen molar-refractivity contribution in [2.75, 3.05) is 5.32 Å². The molecule has 0 aliphatic carbocycles. The molecule has 1 heterocycles. The first-order chi connectivity index (χ1) is 15.5. The molecule has 0 spiro atoms. The zero-order valence-corrected chi connectivity index (χ0v) is 20.8. The van der Waals surface area contributed by atoms with Crippen LogP contribution in [0.25, 0.3) is 11.1 Å². The Balaban J connectivity index is 0.00000204. The third-order valence-electron chi connectivity index (χ3n) is 5.90. The van der Waals surface area contributed by atoms with E-state index < -0.39 is 6.04 Å². The van der Waals surface area contributed by atoms with Crippen LogP contribution in [-0.2, 0) is 4.79 Å². The van der Waals surface area contributed by atoms with Gasteiger partial charge in [0.05, 0.1) is 6.04 Å². The fraction of sp³-hybridized carbons (Fsp3) is 0.143. The maximum absolute atomic E-state index is 13.1. The van der Waals surface area contributed by atoms with Gasteiger partial charge < -0.3 is 11.1 Å². The molecule has 4 rings (SSSR count). The quantitative estimate of drug-likeness (QED) is 0.330. The van der Waals surface area contributed by atoms with Crippen molar-refractivity contribution in [3.05, 3.63) is 120 Å². The molecule has 0 bridgehead atoms. The highest BCUT2D eigenvalue weighted by molar-refractivity contribution is 5.96. The van der Waals surface area contributed by atoms with E-state index in [4.69, 9.17) is 5.73 Å². The number of anilines is 1. The Hall–Kier alpha value is -3.18. The van der Waals surface area contributed by atoms with Crippen LogP contribution in [0.2, 0.25) is 0 Å². The first-order valence-electron chi connectivity index (χ1n) is 10.7. The molecule has 1 unspecified atom stereocenters. The molecule has 4 nitrogen and oxygen atoms in total. The summed E-state index contributed by atoms with van der Waals surface area (Å²) in [5.41, 5.74) is 13.6. The number of nitrogens with zero attached hydrogens (tertiary/aromatic N) is 1. The highest BCUT2D eigenvalue weighted by Gasteiger charge is 2.27. The van der Waals surface area contributed by atoms with E-state index in [0.717, 1.165) is 39.2 Å². The van der Waals surface area contributed by atoms with E-state index >= 15 is 0 Å². The molecule has 3 N–H and O–H groups in total. The summed E-state index contributed by atoms with van der Waals surface area (Å²) >= 11 is 0. The topological polar surface area (TPSA) is 68.0 Å². The first-order valence-corrected chi connectivity index (χ1v) is 10.7. The summed E-state index contributed by atoms with van der Waals surface area (Å²) < 4.78 is 0. The minimum atomic E-state index is -0.732. The molecule has 1 atom stereocenters. The molecule has 176 valence electrons. The largest absolute Gasteiger partial charge is 0.325 e. The summed E-state index contributed by atoms with van der Waals surface area (Å²) in [5.74, 6) is -0.453. The minimum Gasteiger partial charge on any atom is -0.325 e. The fourth-order valence-electron chi connectivity index (χ4n) is 3.99. The molecule has 0 radical (unpaired) electrons. The number of amides is 1. The lowest BCUT2D eigenvalue weighted by molar-refractivity contribution is -0.117. The van der Waals surface area contributed by atoms with Crippen LogP contribution in [0.5, 0.6) is 0 Å². The molecule has 0 saturated carbocycles. The third-order valence-corrected chi connectivity index (χ3v) is 5.90. The van der Waals surface area contributed by atoms with Gasteiger partial charge in [-0.15, -0.1) is 24.8 Å². The maximum Gasteiger partial charge on any atom is 0.242 e. The summed E-state index contributed by atoms with van der Waals surface area (Å²) in [7, 11) is 0. The lowest BCUT2D eigenvalue weighted by Crippen LogP contribution is -2.41. The van der Waals surface area contributed by atoms with Crippen LogP contribution in [0, 0.1) is 13.8 Å². The van der Waals surface area contributed by atoms with E-state index in [0.29, 0.717) is 0 Å². The second-order valence-corrected chi connectivity index (χ2v) is 7.96. The zero-order valence-electron chi connectivity index (χ0n) is 19.1. The van der Waals surface area contributed by atoms with Gasteiger partial charge in [-0.05, 0) is 59.9 Å². The van der Waals surface area contributed by atoms with Crippen LogP contribution >= 0.6 is 24.8 Å². The number of carbonyl (C=O) groups is 1. The Labute approximate surface area is 213 Å². The fourth-order valence-corrected chi connectivity index (χ4v) is 3.99. The molecule has 4 aromatic rings. The molecule has 0 fully saturated rings. The van der Waals surface area contributed by atoms with Gasteiger partial charge in [0.25, 0.3) is 0 Å². The summed E-state index contributed by atoms with van der Waals surface area (Å²) in [6.07, 6.45) is 1.82. The van der Waals surface area contributed by atoms with Crippen molar-refractivity contribution in [2.24, 2.45) is 5.73 Å². The second-order valence-electron chi connectivity index (χ2n) is 7.96. The lowest BCUT2D eigenvalue weighted by atomic mass is 9.85. The number of pyridine rings is 1.